The van der Waals surface area contributed by atoms with E-state index in [2.05, 4.69) is 32.6 Å². The Morgan fingerprint density at radius 1 is 1.30 bits per heavy atom. The number of hydrogen-bond acceptors (Lipinski definition) is 3. The highest BCUT2D eigenvalue weighted by atomic mass is 16.5. The first-order valence-corrected chi connectivity index (χ1v) is 6.93. The zero-order valence-corrected chi connectivity index (χ0v) is 12.8. The molecule has 1 N–H and O–H groups in total. The normalized spacial score (nSPS) is 10.8. The van der Waals surface area contributed by atoms with E-state index in [1.54, 1.807) is 7.11 Å². The van der Waals surface area contributed by atoms with Crippen molar-refractivity contribution >= 4 is 0 Å². The maximum atomic E-state index is 8.77. The molecule has 0 saturated carbocycles. The molecule has 0 amide bonds. The number of benzene rings is 1. The van der Waals surface area contributed by atoms with E-state index in [0.29, 0.717) is 13.0 Å². The predicted octanol–water partition coefficient (Wildman–Crippen LogP) is 3.13. The van der Waals surface area contributed by atoms with Gasteiger partial charge in [0.2, 0.25) is 0 Å². The Bertz CT molecular complexity index is 481. The molecule has 0 aliphatic heterocycles. The number of rotatable bonds is 6. The highest BCUT2D eigenvalue weighted by molar-refractivity contribution is 5.48. The molecule has 0 radical (unpaired) electrons. The number of aliphatic hydroxyl groups is 1. The molecule has 0 spiro atoms. The van der Waals surface area contributed by atoms with Crippen LogP contribution in [0.15, 0.2) is 18.2 Å². The van der Waals surface area contributed by atoms with Crippen LogP contribution in [-0.4, -0.2) is 24.4 Å². The molecule has 3 heteroatoms. The van der Waals surface area contributed by atoms with Crippen LogP contribution in [-0.2, 0) is 11.3 Å². The van der Waals surface area contributed by atoms with E-state index in [1.165, 1.54) is 0 Å². The lowest BCUT2D eigenvalue weighted by Gasteiger charge is -2.23. The van der Waals surface area contributed by atoms with Crippen LogP contribution in [0.4, 0.5) is 0 Å². The fraction of sp³-hybridized carbons (Fsp3) is 0.529. The van der Waals surface area contributed by atoms with Gasteiger partial charge in [-0.3, -0.25) is 0 Å². The highest BCUT2D eigenvalue weighted by Crippen LogP contribution is 2.22. The molecule has 1 aromatic carbocycles. The Morgan fingerprint density at radius 3 is 2.65 bits per heavy atom. The topological polar surface area (TPSA) is 38.7 Å². The molecule has 0 saturated heterocycles. The van der Waals surface area contributed by atoms with Gasteiger partial charge >= 0.3 is 0 Å². The first kappa shape index (κ1) is 16.6. The molecule has 0 atom stereocenters. The number of methoxy groups -OCH3 is 1. The number of aliphatic hydroxyl groups excluding tert-OH is 1. The van der Waals surface area contributed by atoms with Crippen LogP contribution in [0.2, 0.25) is 0 Å². The van der Waals surface area contributed by atoms with Crippen molar-refractivity contribution in [2.45, 2.75) is 45.8 Å². The van der Waals surface area contributed by atoms with E-state index in [1.807, 2.05) is 18.2 Å². The zero-order valence-electron chi connectivity index (χ0n) is 12.8. The standard InChI is InChI=1S/C17H24O3/c1-5-17(2,3)20-13-14-9-10-16(19-4)15(12-14)8-6-7-11-18/h9-10,12,18H,5,7,11,13H2,1-4H3. The molecule has 1 rings (SSSR count). The fourth-order valence-electron chi connectivity index (χ4n) is 1.54. The van der Waals surface area contributed by atoms with Gasteiger partial charge in [-0.15, -0.1) is 0 Å². The van der Waals surface area contributed by atoms with Gasteiger partial charge in [-0.05, 0) is 38.0 Å². The third kappa shape index (κ3) is 5.24. The quantitative estimate of drug-likeness (QED) is 0.811. The predicted molar refractivity (Wildman–Crippen MR) is 80.7 cm³/mol. The molecule has 3 nitrogen and oxygen atoms in total. The largest absolute Gasteiger partial charge is 0.495 e. The minimum atomic E-state index is -0.122. The molecule has 20 heavy (non-hydrogen) atoms. The summed E-state index contributed by atoms with van der Waals surface area (Å²) in [6.07, 6.45) is 1.43. The Morgan fingerprint density at radius 2 is 2.05 bits per heavy atom. The first-order chi connectivity index (χ1) is 9.52. The lowest BCUT2D eigenvalue weighted by molar-refractivity contribution is -0.0316. The van der Waals surface area contributed by atoms with Crippen LogP contribution >= 0.6 is 0 Å². The lowest BCUT2D eigenvalue weighted by atomic mass is 10.1. The smallest absolute Gasteiger partial charge is 0.134 e. The Kier molecular flexibility index (Phi) is 6.57. The van der Waals surface area contributed by atoms with Crippen molar-refractivity contribution in [2.24, 2.45) is 0 Å². The summed E-state index contributed by atoms with van der Waals surface area (Å²) in [5, 5.41) is 8.77. The second kappa shape index (κ2) is 7.94. The van der Waals surface area contributed by atoms with E-state index >= 15 is 0 Å². The molecule has 0 bridgehead atoms. The molecule has 0 aliphatic carbocycles. The van der Waals surface area contributed by atoms with Crippen molar-refractivity contribution in [1.82, 2.24) is 0 Å². The van der Waals surface area contributed by atoms with Gasteiger partial charge in [-0.1, -0.05) is 24.8 Å². The summed E-state index contributed by atoms with van der Waals surface area (Å²) in [7, 11) is 1.63. The van der Waals surface area contributed by atoms with Gasteiger partial charge in [-0.25, -0.2) is 0 Å². The van der Waals surface area contributed by atoms with Gasteiger partial charge in [0.25, 0.3) is 0 Å². The average molecular weight is 276 g/mol. The molecular formula is C17H24O3. The highest BCUT2D eigenvalue weighted by Gasteiger charge is 2.15. The Hall–Kier alpha value is -1.50. The molecule has 0 aliphatic rings. The summed E-state index contributed by atoms with van der Waals surface area (Å²) in [5.41, 5.74) is 1.78. The third-order valence-corrected chi connectivity index (χ3v) is 3.20. The third-order valence-electron chi connectivity index (χ3n) is 3.20. The number of ether oxygens (including phenoxy) is 2. The van der Waals surface area contributed by atoms with Gasteiger partial charge in [0.15, 0.2) is 0 Å². The molecule has 110 valence electrons. The van der Waals surface area contributed by atoms with E-state index in [0.717, 1.165) is 23.3 Å². The number of hydrogen-bond donors (Lipinski definition) is 1. The monoisotopic (exact) mass is 276 g/mol. The maximum Gasteiger partial charge on any atom is 0.134 e. The van der Waals surface area contributed by atoms with Crippen LogP contribution < -0.4 is 4.74 Å². The Balaban J connectivity index is 2.85. The van der Waals surface area contributed by atoms with Gasteiger partial charge in [0.05, 0.1) is 31.5 Å². The summed E-state index contributed by atoms with van der Waals surface area (Å²) in [6.45, 7) is 6.90. The summed E-state index contributed by atoms with van der Waals surface area (Å²) >= 11 is 0. The van der Waals surface area contributed by atoms with Gasteiger partial charge < -0.3 is 14.6 Å². The second-order valence-corrected chi connectivity index (χ2v) is 5.21. The minimum Gasteiger partial charge on any atom is -0.495 e. The van der Waals surface area contributed by atoms with Crippen molar-refractivity contribution in [2.75, 3.05) is 13.7 Å². The van der Waals surface area contributed by atoms with Crippen molar-refractivity contribution in [3.63, 3.8) is 0 Å². The van der Waals surface area contributed by atoms with Crippen LogP contribution in [0.3, 0.4) is 0 Å². The van der Waals surface area contributed by atoms with E-state index in [9.17, 15) is 0 Å². The summed E-state index contributed by atoms with van der Waals surface area (Å²) in [4.78, 5) is 0. The Labute approximate surface area is 121 Å². The van der Waals surface area contributed by atoms with Crippen LogP contribution in [0.5, 0.6) is 5.75 Å². The molecule has 1 aromatic rings. The molecular weight excluding hydrogens is 252 g/mol. The molecule has 0 aromatic heterocycles. The van der Waals surface area contributed by atoms with Gasteiger partial charge in [0.1, 0.15) is 5.75 Å². The van der Waals surface area contributed by atoms with Crippen LogP contribution in [0.25, 0.3) is 0 Å². The molecule has 0 fully saturated rings. The summed E-state index contributed by atoms with van der Waals surface area (Å²) < 4.78 is 11.2. The second-order valence-electron chi connectivity index (χ2n) is 5.21. The average Bonchev–Trinajstić information content (AvgIpc) is 2.46. The minimum absolute atomic E-state index is 0.0722. The van der Waals surface area contributed by atoms with Crippen LogP contribution in [0.1, 0.15) is 44.7 Å². The van der Waals surface area contributed by atoms with Crippen molar-refractivity contribution in [1.29, 1.82) is 0 Å². The van der Waals surface area contributed by atoms with Gasteiger partial charge in [0, 0.05) is 6.42 Å². The summed E-state index contributed by atoms with van der Waals surface area (Å²) in [5.74, 6) is 6.69. The SMILES string of the molecule is CCC(C)(C)OCc1ccc(OC)c(C#CCCO)c1. The van der Waals surface area contributed by atoms with E-state index < -0.39 is 0 Å². The molecule has 0 heterocycles. The summed E-state index contributed by atoms with van der Waals surface area (Å²) in [6, 6.07) is 5.87. The fourth-order valence-corrected chi connectivity index (χ4v) is 1.54. The first-order valence-electron chi connectivity index (χ1n) is 6.93. The van der Waals surface area contributed by atoms with E-state index in [4.69, 9.17) is 14.6 Å². The lowest BCUT2D eigenvalue weighted by Crippen LogP contribution is -2.22. The van der Waals surface area contributed by atoms with Crippen LogP contribution in [0, 0.1) is 11.8 Å². The van der Waals surface area contributed by atoms with E-state index in [-0.39, 0.29) is 12.2 Å². The van der Waals surface area contributed by atoms with Gasteiger partial charge in [-0.2, -0.15) is 0 Å². The van der Waals surface area contributed by atoms with Crippen molar-refractivity contribution in [3.05, 3.63) is 29.3 Å². The van der Waals surface area contributed by atoms with Crippen molar-refractivity contribution < 1.29 is 14.6 Å². The maximum absolute atomic E-state index is 8.77. The zero-order chi connectivity index (χ0) is 15.0. The van der Waals surface area contributed by atoms with Crippen molar-refractivity contribution in [3.8, 4) is 17.6 Å². The molecule has 0 unspecified atom stereocenters.